The van der Waals surface area contributed by atoms with E-state index >= 15 is 0 Å². The van der Waals surface area contributed by atoms with Crippen molar-refractivity contribution in [2.75, 3.05) is 49.9 Å². The summed E-state index contributed by atoms with van der Waals surface area (Å²) in [5.74, 6) is 0.143. The quantitative estimate of drug-likeness (QED) is 0.407. The van der Waals surface area contributed by atoms with Crippen LogP contribution in [0.4, 0.5) is 5.69 Å². The maximum Gasteiger partial charge on any atom is 0.316 e. The Morgan fingerprint density at radius 3 is 2.44 bits per heavy atom. The van der Waals surface area contributed by atoms with Crippen LogP contribution in [0.25, 0.3) is 5.69 Å². The topological polar surface area (TPSA) is 122 Å². The van der Waals surface area contributed by atoms with Crippen LogP contribution < -0.4 is 15.2 Å². The summed E-state index contributed by atoms with van der Waals surface area (Å²) in [5, 5.41) is 4.29. The van der Waals surface area contributed by atoms with Crippen molar-refractivity contribution >= 4 is 37.3 Å². The van der Waals surface area contributed by atoms with E-state index in [1.165, 1.54) is 19.5 Å². The fraction of sp³-hybridized carbons (Fsp3) is 0.600. The molecule has 0 saturated carbocycles. The van der Waals surface area contributed by atoms with Gasteiger partial charge in [0, 0.05) is 37.7 Å². The Morgan fingerprint density at radius 1 is 1.08 bits per heavy atom. The molecule has 11 nitrogen and oxygen atoms in total. The second-order valence-corrected chi connectivity index (χ2v) is 15.1. The number of ether oxygens (including phenoxy) is 1. The molecule has 2 aliphatic rings. The molecule has 4 rings (SSSR count). The average Bonchev–Trinajstić information content (AvgIpc) is 3.38. The molecule has 0 N–H and O–H groups in total. The van der Waals surface area contributed by atoms with Crippen molar-refractivity contribution in [2.45, 2.75) is 51.4 Å². The summed E-state index contributed by atoms with van der Waals surface area (Å²) in [7, 11) is -6.80. The molecule has 216 valence electrons. The summed E-state index contributed by atoms with van der Waals surface area (Å²) in [5.41, 5.74) is 0.415. The maximum absolute atomic E-state index is 13.7. The minimum Gasteiger partial charge on any atom is -0.481 e. The first-order chi connectivity index (χ1) is 18.4. The van der Waals surface area contributed by atoms with Crippen LogP contribution in [0.3, 0.4) is 0 Å². The van der Waals surface area contributed by atoms with Crippen LogP contribution in [0.1, 0.15) is 40.0 Å². The predicted octanol–water partition coefficient (Wildman–Crippen LogP) is 2.33. The molecule has 14 heteroatoms. The molecule has 2 aromatic rings. The summed E-state index contributed by atoms with van der Waals surface area (Å²) in [6.07, 6.45) is 2.84. The van der Waals surface area contributed by atoms with E-state index in [1.54, 1.807) is 38.1 Å². The minimum absolute atomic E-state index is 0.0583. The van der Waals surface area contributed by atoms with Crippen LogP contribution in [0, 0.1) is 0 Å². The zero-order valence-electron chi connectivity index (χ0n) is 22.5. The second-order valence-electron chi connectivity index (χ2n) is 10.1. The van der Waals surface area contributed by atoms with Gasteiger partial charge in [-0.15, -0.1) is 0 Å². The van der Waals surface area contributed by atoms with Gasteiger partial charge in [-0.05, 0) is 44.9 Å². The zero-order chi connectivity index (χ0) is 28.4. The normalized spacial score (nSPS) is 19.6. The Bertz CT molecular complexity index is 1440. The number of aromatic nitrogens is 2. The maximum atomic E-state index is 13.7. The average molecular weight is 602 g/mol. The highest BCUT2D eigenvalue weighted by atomic mass is 35.5. The summed E-state index contributed by atoms with van der Waals surface area (Å²) in [6, 6.07) is 6.73. The van der Waals surface area contributed by atoms with E-state index in [4.69, 9.17) is 16.3 Å². The molecule has 1 aromatic heterocycles. The molecule has 0 radical (unpaired) electrons. The summed E-state index contributed by atoms with van der Waals surface area (Å²) in [6.45, 7) is 6.98. The molecule has 0 bridgehead atoms. The van der Waals surface area contributed by atoms with E-state index in [0.29, 0.717) is 48.9 Å². The summed E-state index contributed by atoms with van der Waals surface area (Å²) < 4.78 is 61.1. The van der Waals surface area contributed by atoms with Gasteiger partial charge in [0.25, 0.3) is 0 Å². The molecular weight excluding hydrogens is 566 g/mol. The highest BCUT2D eigenvalue weighted by Crippen LogP contribution is 2.29. The van der Waals surface area contributed by atoms with Crippen LogP contribution in [0.2, 0.25) is 5.02 Å². The van der Waals surface area contributed by atoms with E-state index in [2.05, 4.69) is 5.10 Å². The Labute approximate surface area is 235 Å². The van der Waals surface area contributed by atoms with Crippen LogP contribution in [0.15, 0.2) is 35.3 Å². The van der Waals surface area contributed by atoms with Gasteiger partial charge in [0.2, 0.25) is 25.8 Å². The van der Waals surface area contributed by atoms with E-state index < -0.39 is 37.0 Å². The van der Waals surface area contributed by atoms with E-state index in [-0.39, 0.29) is 31.1 Å². The van der Waals surface area contributed by atoms with Gasteiger partial charge in [-0.3, -0.25) is 4.79 Å². The molecule has 2 saturated heterocycles. The lowest BCUT2D eigenvalue weighted by Crippen LogP contribution is -2.50. The lowest BCUT2D eigenvalue weighted by atomic mass is 10.2. The lowest BCUT2D eigenvalue weighted by molar-refractivity contribution is 0.211. The van der Waals surface area contributed by atoms with E-state index in [1.807, 2.05) is 11.8 Å². The van der Waals surface area contributed by atoms with E-state index in [9.17, 15) is 21.6 Å². The van der Waals surface area contributed by atoms with Crippen LogP contribution >= 0.6 is 11.6 Å². The molecule has 0 spiro atoms. The fourth-order valence-electron chi connectivity index (χ4n) is 4.71. The molecular formula is C25H36ClN5O6S2. The molecule has 0 aliphatic carbocycles. The van der Waals surface area contributed by atoms with Gasteiger partial charge in [0.1, 0.15) is 11.8 Å². The van der Waals surface area contributed by atoms with Crippen LogP contribution in [-0.2, 0) is 20.0 Å². The van der Waals surface area contributed by atoms with E-state index in [0.717, 1.165) is 6.42 Å². The van der Waals surface area contributed by atoms with Crippen molar-refractivity contribution in [3.8, 4) is 11.4 Å². The smallest absolute Gasteiger partial charge is 0.316 e. The molecule has 1 atom stereocenters. The largest absolute Gasteiger partial charge is 0.481 e. The first-order valence-corrected chi connectivity index (χ1v) is 16.7. The monoisotopic (exact) mass is 601 g/mol. The number of piperazine rings is 1. The first kappa shape index (κ1) is 29.8. The number of anilines is 1. The SMILES string of the molecule is CCCCS(=O)(=O)N1CC[C@@H](Oc2c(N3CCN(S(=O)(=O)C(C)C)CC3)cnn(-c3cccc(Cl)c3)c2=O)C1. The first-order valence-electron chi connectivity index (χ1n) is 13.2. The van der Waals surface area contributed by atoms with Gasteiger partial charge in [-0.2, -0.15) is 18.4 Å². The molecule has 0 unspecified atom stereocenters. The van der Waals surface area contributed by atoms with Crippen molar-refractivity contribution < 1.29 is 21.6 Å². The summed E-state index contributed by atoms with van der Waals surface area (Å²) in [4.78, 5) is 15.6. The molecule has 2 aliphatic heterocycles. The number of unbranched alkanes of at least 4 members (excludes halogenated alkanes) is 1. The van der Waals surface area contributed by atoms with Crippen molar-refractivity contribution in [1.29, 1.82) is 0 Å². The Kier molecular flexibility index (Phi) is 9.26. The van der Waals surface area contributed by atoms with Gasteiger partial charge in [0.05, 0.1) is 29.4 Å². The van der Waals surface area contributed by atoms with Crippen molar-refractivity contribution in [2.24, 2.45) is 0 Å². The number of nitrogens with zero attached hydrogens (tertiary/aromatic N) is 5. The third kappa shape index (κ3) is 6.59. The lowest BCUT2D eigenvalue weighted by Gasteiger charge is -2.36. The Balaban J connectivity index is 1.63. The van der Waals surface area contributed by atoms with Gasteiger partial charge >= 0.3 is 5.56 Å². The number of rotatable bonds is 10. The van der Waals surface area contributed by atoms with Gasteiger partial charge < -0.3 is 9.64 Å². The number of hydrogen-bond acceptors (Lipinski definition) is 8. The number of sulfonamides is 2. The molecule has 1 aromatic carbocycles. The van der Waals surface area contributed by atoms with Gasteiger partial charge in [-0.25, -0.2) is 16.8 Å². The fourth-order valence-corrected chi connectivity index (χ4v) is 7.85. The Morgan fingerprint density at radius 2 is 1.79 bits per heavy atom. The van der Waals surface area contributed by atoms with Crippen molar-refractivity contribution in [3.05, 3.63) is 45.8 Å². The molecule has 0 amide bonds. The molecule has 2 fully saturated rings. The number of hydrogen-bond donors (Lipinski definition) is 0. The predicted molar refractivity (Wildman–Crippen MR) is 152 cm³/mol. The molecule has 3 heterocycles. The standard InChI is InChI=1S/C25H36ClN5O6S2/c1-4-5-15-38(33,34)30-10-9-22(18-30)37-24-23(28-11-13-29(14-12-28)39(35,36)19(2)3)17-27-31(25(24)32)21-8-6-7-20(26)16-21/h6-8,16-17,19,22H,4-5,9-15,18H2,1-3H3/t22-/m1/s1. The highest BCUT2D eigenvalue weighted by molar-refractivity contribution is 7.89. The zero-order valence-corrected chi connectivity index (χ0v) is 24.9. The Hall–Kier alpha value is -2.19. The minimum atomic E-state index is -3.40. The highest BCUT2D eigenvalue weighted by Gasteiger charge is 2.35. The van der Waals surface area contributed by atoms with Crippen LogP contribution in [0.5, 0.6) is 5.75 Å². The third-order valence-electron chi connectivity index (χ3n) is 7.04. The molecule has 39 heavy (non-hydrogen) atoms. The number of halogens is 1. The van der Waals surface area contributed by atoms with Crippen molar-refractivity contribution in [3.63, 3.8) is 0 Å². The van der Waals surface area contributed by atoms with Gasteiger partial charge in [0.15, 0.2) is 0 Å². The summed E-state index contributed by atoms with van der Waals surface area (Å²) >= 11 is 6.15. The van der Waals surface area contributed by atoms with Gasteiger partial charge in [-0.1, -0.05) is 31.0 Å². The number of benzene rings is 1. The van der Waals surface area contributed by atoms with Crippen LogP contribution in [-0.4, -0.2) is 91.6 Å². The van der Waals surface area contributed by atoms with Crippen molar-refractivity contribution in [1.82, 2.24) is 18.4 Å². The second kappa shape index (κ2) is 12.1. The third-order valence-corrected chi connectivity index (χ3v) is 11.5.